The highest BCUT2D eigenvalue weighted by atomic mass is 19.4. The molecule has 104 valence electrons. The van der Waals surface area contributed by atoms with Crippen LogP contribution in [0.3, 0.4) is 0 Å². The number of halogens is 3. The molecule has 1 N–H and O–H groups in total. The van der Waals surface area contributed by atoms with E-state index in [1.54, 1.807) is 0 Å². The average molecular weight is 266 g/mol. The van der Waals surface area contributed by atoms with Gasteiger partial charge in [0.1, 0.15) is 17.6 Å². The zero-order valence-electron chi connectivity index (χ0n) is 10.6. The van der Waals surface area contributed by atoms with E-state index in [1.807, 2.05) is 6.92 Å². The highest BCUT2D eigenvalue weighted by molar-refractivity contribution is 5.13. The first-order chi connectivity index (χ1) is 8.40. The summed E-state index contributed by atoms with van der Waals surface area (Å²) >= 11 is 0. The van der Waals surface area contributed by atoms with Crippen molar-refractivity contribution >= 4 is 0 Å². The fourth-order valence-electron chi connectivity index (χ4n) is 1.53. The van der Waals surface area contributed by atoms with E-state index in [2.05, 4.69) is 14.7 Å². The molecule has 0 saturated heterocycles. The monoisotopic (exact) mass is 266 g/mol. The van der Waals surface area contributed by atoms with Crippen LogP contribution in [-0.4, -0.2) is 25.2 Å². The quantitative estimate of drug-likeness (QED) is 0.804. The predicted octanol–water partition coefficient (Wildman–Crippen LogP) is 2.69. The molecule has 0 aliphatic heterocycles. The number of ether oxygens (including phenoxy) is 1. The largest absolute Gasteiger partial charge is 0.468 e. The summed E-state index contributed by atoms with van der Waals surface area (Å²) in [5.74, 6) is -1.10. The van der Waals surface area contributed by atoms with Crippen molar-refractivity contribution in [1.29, 1.82) is 0 Å². The summed E-state index contributed by atoms with van der Waals surface area (Å²) in [6.07, 6.45) is -4.18. The highest BCUT2D eigenvalue weighted by Gasteiger charge is 2.39. The van der Waals surface area contributed by atoms with Crippen molar-refractivity contribution in [3.05, 3.63) is 17.3 Å². The first-order valence-corrected chi connectivity index (χ1v) is 5.68. The molecule has 1 unspecified atom stereocenters. The molecule has 1 heterocycles. The van der Waals surface area contributed by atoms with Gasteiger partial charge in [0.05, 0.1) is 0 Å². The molecule has 1 aromatic heterocycles. The lowest BCUT2D eigenvalue weighted by Crippen LogP contribution is -2.24. The van der Waals surface area contributed by atoms with Gasteiger partial charge in [0.15, 0.2) is 0 Å². The smallest absolute Gasteiger partial charge is 0.438 e. The van der Waals surface area contributed by atoms with Crippen molar-refractivity contribution in [3.8, 4) is 0 Å². The third-order valence-electron chi connectivity index (χ3n) is 2.42. The number of rotatable bonds is 6. The minimum Gasteiger partial charge on any atom is -0.438 e. The fraction of sp³-hybridized carbons (Fsp3) is 0.727. The van der Waals surface area contributed by atoms with Gasteiger partial charge in [0.25, 0.3) is 0 Å². The standard InChI is InChI=1S/C11H17F3N2O2/c1-4-5-15-6-8(17-3)9-7(2)18-10(16-9)11(12,13)14/h8,15H,4-6H2,1-3H3. The molecule has 0 aliphatic rings. The Labute approximate surface area is 104 Å². The molecule has 0 radical (unpaired) electrons. The third-order valence-corrected chi connectivity index (χ3v) is 2.42. The Balaban J connectivity index is 2.83. The van der Waals surface area contributed by atoms with Crippen LogP contribution in [0, 0.1) is 6.92 Å². The number of hydrogen-bond acceptors (Lipinski definition) is 4. The zero-order valence-corrected chi connectivity index (χ0v) is 10.6. The van der Waals surface area contributed by atoms with E-state index >= 15 is 0 Å². The number of alkyl halides is 3. The number of nitrogens with one attached hydrogen (secondary N) is 1. The molecule has 1 aromatic rings. The second-order valence-corrected chi connectivity index (χ2v) is 3.89. The number of aromatic nitrogens is 1. The lowest BCUT2D eigenvalue weighted by atomic mass is 10.2. The molecule has 7 heteroatoms. The number of hydrogen-bond donors (Lipinski definition) is 1. The van der Waals surface area contributed by atoms with Gasteiger partial charge in [-0.3, -0.25) is 0 Å². The van der Waals surface area contributed by atoms with Crippen molar-refractivity contribution in [2.45, 2.75) is 32.5 Å². The van der Waals surface area contributed by atoms with Crippen LogP contribution in [-0.2, 0) is 10.9 Å². The van der Waals surface area contributed by atoms with E-state index < -0.39 is 18.2 Å². The molecule has 0 saturated carbocycles. The van der Waals surface area contributed by atoms with Crippen LogP contribution in [0.25, 0.3) is 0 Å². The average Bonchev–Trinajstić information content (AvgIpc) is 2.67. The minimum absolute atomic E-state index is 0.132. The Hall–Kier alpha value is -1.08. The van der Waals surface area contributed by atoms with Gasteiger partial charge in [-0.05, 0) is 19.9 Å². The fourth-order valence-corrected chi connectivity index (χ4v) is 1.53. The second kappa shape index (κ2) is 6.19. The third kappa shape index (κ3) is 3.71. The molecule has 0 aliphatic carbocycles. The van der Waals surface area contributed by atoms with Crippen molar-refractivity contribution in [2.75, 3.05) is 20.2 Å². The van der Waals surface area contributed by atoms with E-state index in [4.69, 9.17) is 4.74 Å². The van der Waals surface area contributed by atoms with Crippen molar-refractivity contribution in [1.82, 2.24) is 10.3 Å². The Morgan fingerprint density at radius 1 is 1.44 bits per heavy atom. The van der Waals surface area contributed by atoms with Gasteiger partial charge in [0, 0.05) is 13.7 Å². The molecular weight excluding hydrogens is 249 g/mol. The summed E-state index contributed by atoms with van der Waals surface area (Å²) in [5, 5.41) is 3.07. The summed E-state index contributed by atoms with van der Waals surface area (Å²) in [6.45, 7) is 4.61. The van der Waals surface area contributed by atoms with Gasteiger partial charge in [-0.2, -0.15) is 13.2 Å². The Morgan fingerprint density at radius 3 is 2.56 bits per heavy atom. The summed E-state index contributed by atoms with van der Waals surface area (Å²) < 4.78 is 47.1. The number of oxazole rings is 1. The zero-order chi connectivity index (χ0) is 13.8. The first kappa shape index (κ1) is 15.0. The molecule has 0 spiro atoms. The van der Waals surface area contributed by atoms with Crippen LogP contribution in [0.4, 0.5) is 13.2 Å². The molecule has 0 amide bonds. The van der Waals surface area contributed by atoms with Crippen LogP contribution < -0.4 is 5.32 Å². The summed E-state index contributed by atoms with van der Waals surface area (Å²) in [6, 6.07) is 0. The summed E-state index contributed by atoms with van der Waals surface area (Å²) in [7, 11) is 1.43. The van der Waals surface area contributed by atoms with E-state index in [9.17, 15) is 13.2 Å². The van der Waals surface area contributed by atoms with Gasteiger partial charge in [-0.15, -0.1) is 0 Å². The maximum absolute atomic E-state index is 12.4. The second-order valence-electron chi connectivity index (χ2n) is 3.89. The molecule has 0 bridgehead atoms. The minimum atomic E-state index is -4.57. The topological polar surface area (TPSA) is 47.3 Å². The molecule has 0 aromatic carbocycles. The Bertz CT molecular complexity index is 377. The Morgan fingerprint density at radius 2 is 2.11 bits per heavy atom. The molecule has 0 fully saturated rings. The molecule has 1 rings (SSSR count). The van der Waals surface area contributed by atoms with E-state index in [0.717, 1.165) is 13.0 Å². The van der Waals surface area contributed by atoms with E-state index in [0.29, 0.717) is 6.54 Å². The number of nitrogens with zero attached hydrogens (tertiary/aromatic N) is 1. The lowest BCUT2D eigenvalue weighted by Gasteiger charge is -2.13. The van der Waals surface area contributed by atoms with Gasteiger partial charge < -0.3 is 14.5 Å². The normalized spacial score (nSPS) is 13.9. The van der Waals surface area contributed by atoms with Crippen molar-refractivity contribution in [3.63, 3.8) is 0 Å². The maximum Gasteiger partial charge on any atom is 0.468 e. The SMILES string of the molecule is CCCNCC(OC)c1nc(C(F)(F)F)oc1C. The first-order valence-electron chi connectivity index (χ1n) is 5.68. The van der Waals surface area contributed by atoms with Gasteiger partial charge in [0.2, 0.25) is 0 Å². The van der Waals surface area contributed by atoms with Crippen LogP contribution >= 0.6 is 0 Å². The summed E-state index contributed by atoms with van der Waals surface area (Å²) in [5.41, 5.74) is 0.188. The maximum atomic E-state index is 12.4. The van der Waals surface area contributed by atoms with Crippen LogP contribution in [0.15, 0.2) is 4.42 Å². The van der Waals surface area contributed by atoms with E-state index in [-0.39, 0.29) is 11.5 Å². The highest BCUT2D eigenvalue weighted by Crippen LogP contribution is 2.31. The van der Waals surface area contributed by atoms with Crippen molar-refractivity contribution < 1.29 is 22.3 Å². The van der Waals surface area contributed by atoms with Gasteiger partial charge in [-0.25, -0.2) is 4.98 Å². The van der Waals surface area contributed by atoms with Crippen LogP contribution in [0.2, 0.25) is 0 Å². The molecule has 4 nitrogen and oxygen atoms in total. The van der Waals surface area contributed by atoms with Gasteiger partial charge >= 0.3 is 12.1 Å². The molecular formula is C11H17F3N2O2. The summed E-state index contributed by atoms with van der Waals surface area (Å²) in [4.78, 5) is 3.47. The van der Waals surface area contributed by atoms with Crippen LogP contribution in [0.5, 0.6) is 0 Å². The molecule has 1 atom stereocenters. The molecule has 18 heavy (non-hydrogen) atoms. The lowest BCUT2D eigenvalue weighted by molar-refractivity contribution is -0.157. The number of aryl methyl sites for hydroxylation is 1. The Kier molecular flexibility index (Phi) is 5.15. The number of methoxy groups -OCH3 is 1. The van der Waals surface area contributed by atoms with Gasteiger partial charge in [-0.1, -0.05) is 6.92 Å². The van der Waals surface area contributed by atoms with Crippen LogP contribution in [0.1, 0.15) is 36.8 Å². The predicted molar refractivity (Wildman–Crippen MR) is 59.2 cm³/mol. The van der Waals surface area contributed by atoms with E-state index in [1.165, 1.54) is 14.0 Å². The van der Waals surface area contributed by atoms with Crippen molar-refractivity contribution in [2.24, 2.45) is 0 Å².